The monoisotopic (exact) mass is 314 g/mol. The summed E-state index contributed by atoms with van der Waals surface area (Å²) in [6.07, 6.45) is 4.04. The van der Waals surface area contributed by atoms with Gasteiger partial charge in [0.1, 0.15) is 5.82 Å². The molecule has 2 aromatic rings. The third-order valence-corrected chi connectivity index (χ3v) is 4.26. The van der Waals surface area contributed by atoms with Crippen LogP contribution in [0.4, 0.5) is 11.5 Å². The van der Waals surface area contributed by atoms with Crippen molar-refractivity contribution in [3.05, 3.63) is 51.7 Å². The van der Waals surface area contributed by atoms with E-state index in [1.807, 2.05) is 4.68 Å². The molecule has 7 heteroatoms. The lowest BCUT2D eigenvalue weighted by Crippen LogP contribution is -2.18. The molecule has 1 amide bonds. The van der Waals surface area contributed by atoms with E-state index in [1.54, 1.807) is 19.2 Å². The molecule has 1 N–H and O–H groups in total. The Labute approximate surface area is 133 Å². The predicted molar refractivity (Wildman–Crippen MR) is 85.4 cm³/mol. The summed E-state index contributed by atoms with van der Waals surface area (Å²) in [5.41, 5.74) is 0.858. The van der Waals surface area contributed by atoms with Gasteiger partial charge in [-0.15, -0.1) is 0 Å². The Kier molecular flexibility index (Phi) is 3.85. The van der Waals surface area contributed by atoms with Crippen LogP contribution in [0.5, 0.6) is 0 Å². The van der Waals surface area contributed by atoms with Crippen LogP contribution < -0.4 is 5.32 Å². The largest absolute Gasteiger partial charge is 0.307 e. The molecular weight excluding hydrogens is 296 g/mol. The number of carbonyl (C=O) groups is 1. The van der Waals surface area contributed by atoms with E-state index in [0.717, 1.165) is 0 Å². The summed E-state index contributed by atoms with van der Waals surface area (Å²) in [6.45, 7) is 3.71. The van der Waals surface area contributed by atoms with Crippen molar-refractivity contribution in [3.8, 4) is 0 Å². The van der Waals surface area contributed by atoms with Crippen LogP contribution in [0.1, 0.15) is 41.7 Å². The van der Waals surface area contributed by atoms with Gasteiger partial charge in [0.2, 0.25) is 0 Å². The smallest absolute Gasteiger partial charge is 0.272 e. The molecule has 1 atom stereocenters. The van der Waals surface area contributed by atoms with Crippen LogP contribution in [-0.4, -0.2) is 20.6 Å². The number of hydrogen-bond donors (Lipinski definition) is 1. The van der Waals surface area contributed by atoms with Gasteiger partial charge in [-0.3, -0.25) is 14.9 Å². The van der Waals surface area contributed by atoms with Crippen molar-refractivity contribution in [1.82, 2.24) is 9.78 Å². The van der Waals surface area contributed by atoms with Gasteiger partial charge in [-0.1, -0.05) is 0 Å². The quantitative estimate of drug-likeness (QED) is 0.677. The standard InChI is InChI=1S/C16H18N4O3/c1-10-9-13(5-6-14(10)20(22)23)16(21)18-15-7-8-17-19(15)11(2)12-3-4-12/h5-9,11-12H,3-4H2,1-2H3,(H,18,21)/t11-/m0/s1. The van der Waals surface area contributed by atoms with Crippen LogP contribution in [0.3, 0.4) is 0 Å². The molecule has 1 saturated carbocycles. The Balaban J connectivity index is 1.78. The normalized spacial score (nSPS) is 15.2. The maximum atomic E-state index is 12.4. The highest BCUT2D eigenvalue weighted by Gasteiger charge is 2.30. The van der Waals surface area contributed by atoms with Crippen LogP contribution in [0, 0.1) is 23.0 Å². The Hall–Kier alpha value is -2.70. The van der Waals surface area contributed by atoms with E-state index in [1.165, 1.54) is 31.0 Å². The van der Waals surface area contributed by atoms with Crippen molar-refractivity contribution in [1.29, 1.82) is 0 Å². The molecule has 0 unspecified atom stereocenters. The van der Waals surface area contributed by atoms with Gasteiger partial charge in [0.25, 0.3) is 11.6 Å². The average Bonchev–Trinajstić information content (AvgIpc) is 3.26. The molecule has 1 aromatic carbocycles. The van der Waals surface area contributed by atoms with E-state index in [9.17, 15) is 14.9 Å². The lowest BCUT2D eigenvalue weighted by Gasteiger charge is -2.15. The van der Waals surface area contributed by atoms with Crippen LogP contribution in [0.15, 0.2) is 30.5 Å². The predicted octanol–water partition coefficient (Wildman–Crippen LogP) is 3.32. The number of carbonyl (C=O) groups excluding carboxylic acids is 1. The Morgan fingerprint density at radius 2 is 2.17 bits per heavy atom. The number of benzene rings is 1. The molecule has 7 nitrogen and oxygen atoms in total. The molecule has 3 rings (SSSR count). The van der Waals surface area contributed by atoms with Gasteiger partial charge < -0.3 is 5.32 Å². The van der Waals surface area contributed by atoms with Crippen molar-refractivity contribution in [2.24, 2.45) is 5.92 Å². The summed E-state index contributed by atoms with van der Waals surface area (Å²) in [5, 5.41) is 18.0. The van der Waals surface area contributed by atoms with E-state index in [2.05, 4.69) is 17.3 Å². The number of nitrogens with one attached hydrogen (secondary N) is 1. The minimum absolute atomic E-state index is 0.00828. The fourth-order valence-corrected chi connectivity index (χ4v) is 2.71. The zero-order chi connectivity index (χ0) is 16.6. The Morgan fingerprint density at radius 1 is 1.43 bits per heavy atom. The summed E-state index contributed by atoms with van der Waals surface area (Å²) in [7, 11) is 0. The number of nitro benzene ring substituents is 1. The summed E-state index contributed by atoms with van der Waals surface area (Å²) < 4.78 is 1.83. The molecule has 0 radical (unpaired) electrons. The second-order valence-corrected chi connectivity index (χ2v) is 5.95. The second kappa shape index (κ2) is 5.83. The fourth-order valence-electron chi connectivity index (χ4n) is 2.71. The van der Waals surface area contributed by atoms with Gasteiger partial charge >= 0.3 is 0 Å². The molecule has 1 heterocycles. The van der Waals surface area contributed by atoms with Crippen LogP contribution in [0.25, 0.3) is 0 Å². The molecule has 1 fully saturated rings. The number of nitrogens with zero attached hydrogens (tertiary/aromatic N) is 3. The first kappa shape index (κ1) is 15.2. The molecular formula is C16H18N4O3. The molecule has 1 aliphatic carbocycles. The summed E-state index contributed by atoms with van der Waals surface area (Å²) in [6, 6.07) is 6.35. The highest BCUT2D eigenvalue weighted by atomic mass is 16.6. The number of aromatic nitrogens is 2. The zero-order valence-electron chi connectivity index (χ0n) is 13.0. The third kappa shape index (κ3) is 3.08. The molecule has 1 aromatic heterocycles. The first-order chi connectivity index (χ1) is 11.0. The summed E-state index contributed by atoms with van der Waals surface area (Å²) in [4.78, 5) is 22.8. The van der Waals surface area contributed by atoms with Gasteiger partial charge in [-0.25, -0.2) is 4.68 Å². The fraction of sp³-hybridized carbons (Fsp3) is 0.375. The molecule has 1 aliphatic rings. The lowest BCUT2D eigenvalue weighted by molar-refractivity contribution is -0.385. The molecule has 0 bridgehead atoms. The average molecular weight is 314 g/mol. The van der Waals surface area contributed by atoms with E-state index in [-0.39, 0.29) is 17.6 Å². The molecule has 23 heavy (non-hydrogen) atoms. The highest BCUT2D eigenvalue weighted by molar-refractivity contribution is 6.04. The molecule has 0 spiro atoms. The number of hydrogen-bond acceptors (Lipinski definition) is 4. The number of rotatable bonds is 5. The number of nitro groups is 1. The van der Waals surface area contributed by atoms with Gasteiger partial charge in [-0.05, 0) is 44.7 Å². The molecule has 0 aliphatic heterocycles. The third-order valence-electron chi connectivity index (χ3n) is 4.26. The highest BCUT2D eigenvalue weighted by Crippen LogP contribution is 2.40. The van der Waals surface area contributed by atoms with Crippen molar-refractivity contribution < 1.29 is 9.72 Å². The van der Waals surface area contributed by atoms with E-state index >= 15 is 0 Å². The van der Waals surface area contributed by atoms with Crippen molar-refractivity contribution in [2.75, 3.05) is 5.32 Å². The summed E-state index contributed by atoms with van der Waals surface area (Å²) >= 11 is 0. The van der Waals surface area contributed by atoms with Crippen LogP contribution in [-0.2, 0) is 0 Å². The van der Waals surface area contributed by atoms with Gasteiger partial charge in [0.05, 0.1) is 17.2 Å². The number of aryl methyl sites for hydroxylation is 1. The van der Waals surface area contributed by atoms with Gasteiger partial charge in [0.15, 0.2) is 0 Å². The molecule has 0 saturated heterocycles. The van der Waals surface area contributed by atoms with Gasteiger partial charge in [-0.2, -0.15) is 5.10 Å². The van der Waals surface area contributed by atoms with Crippen LogP contribution in [0.2, 0.25) is 0 Å². The van der Waals surface area contributed by atoms with Crippen molar-refractivity contribution >= 4 is 17.4 Å². The minimum atomic E-state index is -0.455. The van der Waals surface area contributed by atoms with E-state index < -0.39 is 4.92 Å². The zero-order valence-corrected chi connectivity index (χ0v) is 13.0. The first-order valence-corrected chi connectivity index (χ1v) is 7.57. The summed E-state index contributed by atoms with van der Waals surface area (Å²) in [5.74, 6) is 0.963. The lowest BCUT2D eigenvalue weighted by atomic mass is 10.1. The maximum Gasteiger partial charge on any atom is 0.272 e. The second-order valence-electron chi connectivity index (χ2n) is 5.95. The van der Waals surface area contributed by atoms with E-state index in [4.69, 9.17) is 0 Å². The van der Waals surface area contributed by atoms with Crippen molar-refractivity contribution in [2.45, 2.75) is 32.7 Å². The molecule has 120 valence electrons. The topological polar surface area (TPSA) is 90.1 Å². The van der Waals surface area contributed by atoms with E-state index in [0.29, 0.717) is 22.9 Å². The SMILES string of the molecule is Cc1cc(C(=O)Nc2ccnn2[C@@H](C)C2CC2)ccc1[N+](=O)[O-]. The number of amides is 1. The van der Waals surface area contributed by atoms with Gasteiger partial charge in [0, 0.05) is 23.3 Å². The maximum absolute atomic E-state index is 12.4. The number of anilines is 1. The van der Waals surface area contributed by atoms with Crippen molar-refractivity contribution in [3.63, 3.8) is 0 Å². The Morgan fingerprint density at radius 3 is 2.78 bits per heavy atom. The first-order valence-electron chi connectivity index (χ1n) is 7.57. The van der Waals surface area contributed by atoms with Crippen LogP contribution >= 0.6 is 0 Å². The Bertz CT molecular complexity index is 764. The minimum Gasteiger partial charge on any atom is -0.307 e.